The van der Waals surface area contributed by atoms with Crippen molar-refractivity contribution in [1.82, 2.24) is 5.32 Å². The quantitative estimate of drug-likeness (QED) is 0.686. The van der Waals surface area contributed by atoms with Gasteiger partial charge < -0.3 is 5.32 Å². The highest BCUT2D eigenvalue weighted by Crippen LogP contribution is 2.48. The van der Waals surface area contributed by atoms with Crippen LogP contribution in [0.3, 0.4) is 0 Å². The van der Waals surface area contributed by atoms with E-state index in [1.807, 2.05) is 60.7 Å². The molecule has 0 bridgehead atoms. The lowest BCUT2D eigenvalue weighted by atomic mass is 9.90. The molecule has 1 heterocycles. The maximum absolute atomic E-state index is 13.1. The molecule has 0 radical (unpaired) electrons. The zero-order valence-electron chi connectivity index (χ0n) is 14.0. The zero-order chi connectivity index (χ0) is 17.1. The summed E-state index contributed by atoms with van der Waals surface area (Å²) in [5.74, 6) is -0.181. The maximum atomic E-state index is 13.1. The first kappa shape index (κ1) is 16.1. The van der Waals surface area contributed by atoms with Crippen molar-refractivity contribution in [1.29, 1.82) is 0 Å². The van der Waals surface area contributed by atoms with Crippen LogP contribution in [0.5, 0.6) is 0 Å². The Kier molecular flexibility index (Phi) is 4.41. The topological polar surface area (TPSA) is 29.1 Å². The number of carbonyl (C=O) groups is 1. The van der Waals surface area contributed by atoms with Crippen LogP contribution >= 0.6 is 11.3 Å². The van der Waals surface area contributed by atoms with Crippen LogP contribution in [0, 0.1) is 0 Å². The lowest BCUT2D eigenvalue weighted by Crippen LogP contribution is -2.36. The molecule has 1 aliphatic rings. The Morgan fingerprint density at radius 2 is 1.56 bits per heavy atom. The predicted molar refractivity (Wildman–Crippen MR) is 103 cm³/mol. The fourth-order valence-electron chi connectivity index (χ4n) is 3.43. The standard InChI is InChI=1S/C22H21NOS/c24-21(23-16-22(12-13-22)19-11-14-25-15-19)20(17-7-3-1-4-8-17)18-9-5-2-6-10-18/h1-11,14-15,20H,12-13,16H2,(H,23,24). The van der Waals surface area contributed by atoms with Gasteiger partial charge in [-0.2, -0.15) is 11.3 Å². The summed E-state index contributed by atoms with van der Waals surface area (Å²) in [7, 11) is 0. The van der Waals surface area contributed by atoms with Crippen LogP contribution in [-0.2, 0) is 10.2 Å². The van der Waals surface area contributed by atoms with Gasteiger partial charge in [0.05, 0.1) is 5.92 Å². The Morgan fingerprint density at radius 1 is 0.960 bits per heavy atom. The number of carbonyl (C=O) groups excluding carboxylic acids is 1. The summed E-state index contributed by atoms with van der Waals surface area (Å²) in [5, 5.41) is 7.57. The van der Waals surface area contributed by atoms with Gasteiger partial charge in [0, 0.05) is 12.0 Å². The first-order chi connectivity index (χ1) is 12.3. The van der Waals surface area contributed by atoms with Gasteiger partial charge in [-0.3, -0.25) is 4.79 Å². The van der Waals surface area contributed by atoms with E-state index < -0.39 is 0 Å². The molecule has 1 fully saturated rings. The molecule has 0 aliphatic heterocycles. The molecule has 2 nitrogen and oxygen atoms in total. The van der Waals surface area contributed by atoms with E-state index in [0.717, 1.165) is 30.5 Å². The first-order valence-electron chi connectivity index (χ1n) is 8.69. The monoisotopic (exact) mass is 347 g/mol. The number of nitrogens with one attached hydrogen (secondary N) is 1. The minimum Gasteiger partial charge on any atom is -0.354 e. The third-order valence-corrected chi connectivity index (χ3v) is 5.80. The molecule has 25 heavy (non-hydrogen) atoms. The summed E-state index contributed by atoms with van der Waals surface area (Å²) >= 11 is 1.73. The Hall–Kier alpha value is -2.39. The van der Waals surface area contributed by atoms with Crippen LogP contribution in [0.25, 0.3) is 0 Å². The number of amides is 1. The van der Waals surface area contributed by atoms with Crippen molar-refractivity contribution in [2.24, 2.45) is 0 Å². The third-order valence-electron chi connectivity index (χ3n) is 5.12. The fourth-order valence-corrected chi connectivity index (χ4v) is 4.21. The van der Waals surface area contributed by atoms with Crippen molar-refractivity contribution in [2.45, 2.75) is 24.2 Å². The van der Waals surface area contributed by atoms with Crippen LogP contribution in [0.4, 0.5) is 0 Å². The first-order valence-corrected chi connectivity index (χ1v) is 9.63. The smallest absolute Gasteiger partial charge is 0.232 e. The summed E-state index contributed by atoms with van der Waals surface area (Å²) in [4.78, 5) is 13.1. The van der Waals surface area contributed by atoms with Crippen LogP contribution < -0.4 is 5.32 Å². The molecule has 3 heteroatoms. The lowest BCUT2D eigenvalue weighted by Gasteiger charge is -2.21. The van der Waals surface area contributed by atoms with Crippen molar-refractivity contribution >= 4 is 17.2 Å². The average molecular weight is 347 g/mol. The number of rotatable bonds is 6. The molecule has 2 aromatic carbocycles. The Morgan fingerprint density at radius 3 is 2.04 bits per heavy atom. The number of thiophene rings is 1. The van der Waals surface area contributed by atoms with E-state index in [1.54, 1.807) is 11.3 Å². The van der Waals surface area contributed by atoms with E-state index in [0.29, 0.717) is 0 Å². The zero-order valence-corrected chi connectivity index (χ0v) is 14.8. The third kappa shape index (κ3) is 3.38. The van der Waals surface area contributed by atoms with Crippen LogP contribution in [0.1, 0.15) is 35.4 Å². The van der Waals surface area contributed by atoms with E-state index >= 15 is 0 Å². The molecule has 0 saturated heterocycles. The van der Waals surface area contributed by atoms with E-state index in [-0.39, 0.29) is 17.2 Å². The highest BCUT2D eigenvalue weighted by molar-refractivity contribution is 7.08. The van der Waals surface area contributed by atoms with E-state index in [9.17, 15) is 4.79 Å². The highest BCUT2D eigenvalue weighted by Gasteiger charge is 2.44. The molecular formula is C22H21NOS. The van der Waals surface area contributed by atoms with E-state index in [1.165, 1.54) is 5.56 Å². The molecule has 0 unspecified atom stereocenters. The van der Waals surface area contributed by atoms with Crippen molar-refractivity contribution in [3.05, 3.63) is 94.2 Å². The van der Waals surface area contributed by atoms with Crippen LogP contribution in [-0.4, -0.2) is 12.5 Å². The summed E-state index contributed by atoms with van der Waals surface area (Å²) < 4.78 is 0. The molecule has 3 aromatic rings. The van der Waals surface area contributed by atoms with Gasteiger partial charge in [0.25, 0.3) is 0 Å². The van der Waals surface area contributed by atoms with Gasteiger partial charge in [0.15, 0.2) is 0 Å². The van der Waals surface area contributed by atoms with E-state index in [4.69, 9.17) is 0 Å². The van der Waals surface area contributed by atoms with Gasteiger partial charge in [-0.05, 0) is 46.4 Å². The second-order valence-corrected chi connectivity index (χ2v) is 7.54. The fraction of sp³-hybridized carbons (Fsp3) is 0.227. The summed E-state index contributed by atoms with van der Waals surface area (Å²) in [6.07, 6.45) is 2.32. The minimum atomic E-state index is -0.263. The predicted octanol–water partition coefficient (Wildman–Crippen LogP) is 4.73. The SMILES string of the molecule is O=C(NCC1(c2ccsc2)CC1)C(c1ccccc1)c1ccccc1. The van der Waals surface area contributed by atoms with Crippen molar-refractivity contribution in [3.8, 4) is 0 Å². The van der Waals surface area contributed by atoms with Gasteiger partial charge in [-0.1, -0.05) is 60.7 Å². The molecule has 1 aliphatic carbocycles. The van der Waals surface area contributed by atoms with Gasteiger partial charge in [0.2, 0.25) is 5.91 Å². The second kappa shape index (κ2) is 6.85. The van der Waals surface area contributed by atoms with Crippen molar-refractivity contribution in [3.63, 3.8) is 0 Å². The molecule has 1 saturated carbocycles. The largest absolute Gasteiger partial charge is 0.354 e. The molecule has 1 N–H and O–H groups in total. The summed E-state index contributed by atoms with van der Waals surface area (Å²) in [5.41, 5.74) is 3.60. The summed E-state index contributed by atoms with van der Waals surface area (Å²) in [6, 6.07) is 22.3. The van der Waals surface area contributed by atoms with Gasteiger partial charge in [0.1, 0.15) is 0 Å². The number of hydrogen-bond acceptors (Lipinski definition) is 2. The molecule has 1 amide bonds. The van der Waals surface area contributed by atoms with Crippen LogP contribution in [0.15, 0.2) is 77.5 Å². The Balaban J connectivity index is 1.55. The Bertz CT molecular complexity index is 783. The van der Waals surface area contributed by atoms with Crippen molar-refractivity contribution in [2.75, 3.05) is 6.54 Å². The highest BCUT2D eigenvalue weighted by atomic mass is 32.1. The molecular weight excluding hydrogens is 326 g/mol. The average Bonchev–Trinajstić information content (AvgIpc) is 3.24. The second-order valence-electron chi connectivity index (χ2n) is 6.76. The van der Waals surface area contributed by atoms with Crippen LogP contribution in [0.2, 0.25) is 0 Å². The number of hydrogen-bond donors (Lipinski definition) is 1. The molecule has 0 atom stereocenters. The lowest BCUT2D eigenvalue weighted by molar-refractivity contribution is -0.121. The molecule has 126 valence electrons. The molecule has 4 rings (SSSR count). The van der Waals surface area contributed by atoms with Gasteiger partial charge >= 0.3 is 0 Å². The van der Waals surface area contributed by atoms with Gasteiger partial charge in [-0.15, -0.1) is 0 Å². The maximum Gasteiger partial charge on any atom is 0.232 e. The Labute approximate surface area is 152 Å². The number of benzene rings is 2. The van der Waals surface area contributed by atoms with Crippen molar-refractivity contribution < 1.29 is 4.79 Å². The van der Waals surface area contributed by atoms with Gasteiger partial charge in [-0.25, -0.2) is 0 Å². The van der Waals surface area contributed by atoms with E-state index in [2.05, 4.69) is 22.1 Å². The normalized spacial score (nSPS) is 15.1. The summed E-state index contributed by atoms with van der Waals surface area (Å²) in [6.45, 7) is 0.721. The minimum absolute atomic E-state index is 0.0823. The molecule has 1 aromatic heterocycles. The molecule has 0 spiro atoms.